The molecular formula is C16H28N2O2. The van der Waals surface area contributed by atoms with Crippen molar-refractivity contribution in [1.29, 1.82) is 0 Å². The summed E-state index contributed by atoms with van der Waals surface area (Å²) in [6, 6.07) is 0.503. The molecule has 0 aromatic rings. The number of carbonyl (C=O) groups excluding carboxylic acids is 1. The zero-order valence-electron chi connectivity index (χ0n) is 12.7. The molecule has 2 aliphatic heterocycles. The Bertz CT molecular complexity index is 352. The van der Waals surface area contributed by atoms with Gasteiger partial charge in [-0.05, 0) is 32.2 Å². The first-order valence-corrected chi connectivity index (χ1v) is 8.33. The molecule has 1 saturated carbocycles. The highest BCUT2D eigenvalue weighted by atomic mass is 16.5. The molecular weight excluding hydrogens is 252 g/mol. The molecule has 0 spiro atoms. The molecule has 1 N–H and O–H groups in total. The number of fused-ring (bicyclic) bond motifs is 2. The van der Waals surface area contributed by atoms with Crippen LogP contribution in [0.1, 0.15) is 51.4 Å². The van der Waals surface area contributed by atoms with Crippen LogP contribution >= 0.6 is 0 Å². The number of piperidine rings is 1. The van der Waals surface area contributed by atoms with Crippen LogP contribution in [0.3, 0.4) is 0 Å². The summed E-state index contributed by atoms with van der Waals surface area (Å²) in [7, 11) is 1.54. The van der Waals surface area contributed by atoms with Crippen LogP contribution in [0.15, 0.2) is 0 Å². The van der Waals surface area contributed by atoms with E-state index < -0.39 is 5.54 Å². The molecule has 1 aliphatic carbocycles. The van der Waals surface area contributed by atoms with Crippen LogP contribution < -0.4 is 5.32 Å². The van der Waals surface area contributed by atoms with Gasteiger partial charge >= 0.3 is 5.97 Å². The maximum absolute atomic E-state index is 12.5. The van der Waals surface area contributed by atoms with Crippen LogP contribution in [-0.4, -0.2) is 49.2 Å². The predicted molar refractivity (Wildman–Crippen MR) is 78.5 cm³/mol. The third-order valence-electron chi connectivity index (χ3n) is 5.66. The minimum atomic E-state index is -0.406. The Labute approximate surface area is 122 Å². The van der Waals surface area contributed by atoms with Gasteiger partial charge in [-0.3, -0.25) is 10.1 Å². The number of hydrogen-bond acceptors (Lipinski definition) is 4. The van der Waals surface area contributed by atoms with Crippen molar-refractivity contribution in [2.45, 2.75) is 62.9 Å². The summed E-state index contributed by atoms with van der Waals surface area (Å²) in [5.74, 6) is 0.417. The Morgan fingerprint density at radius 3 is 2.60 bits per heavy atom. The van der Waals surface area contributed by atoms with Crippen molar-refractivity contribution in [3.63, 3.8) is 0 Å². The van der Waals surface area contributed by atoms with E-state index in [0.717, 1.165) is 32.5 Å². The fourth-order valence-corrected chi connectivity index (χ4v) is 4.46. The van der Waals surface area contributed by atoms with Gasteiger partial charge < -0.3 is 9.64 Å². The summed E-state index contributed by atoms with van der Waals surface area (Å²) >= 11 is 0. The van der Waals surface area contributed by atoms with Crippen molar-refractivity contribution in [2.24, 2.45) is 5.92 Å². The molecule has 20 heavy (non-hydrogen) atoms. The first-order chi connectivity index (χ1) is 9.74. The molecule has 0 aromatic heterocycles. The number of nitrogens with one attached hydrogen (secondary N) is 1. The van der Waals surface area contributed by atoms with E-state index in [1.54, 1.807) is 7.11 Å². The van der Waals surface area contributed by atoms with Crippen LogP contribution in [0, 0.1) is 5.92 Å². The molecule has 2 saturated heterocycles. The highest BCUT2D eigenvalue weighted by Gasteiger charge is 2.52. The summed E-state index contributed by atoms with van der Waals surface area (Å²) in [5, 5.41) is 3.79. The lowest BCUT2D eigenvalue weighted by atomic mass is 9.77. The average molecular weight is 280 g/mol. The smallest absolute Gasteiger partial charge is 0.326 e. The van der Waals surface area contributed by atoms with E-state index in [9.17, 15) is 4.79 Å². The fraction of sp³-hybridized carbons (Fsp3) is 0.938. The van der Waals surface area contributed by atoms with Gasteiger partial charge in [-0.2, -0.15) is 0 Å². The summed E-state index contributed by atoms with van der Waals surface area (Å²) < 4.78 is 5.20. The molecule has 0 amide bonds. The van der Waals surface area contributed by atoms with Crippen LogP contribution in [0.5, 0.6) is 0 Å². The van der Waals surface area contributed by atoms with Gasteiger partial charge in [0.15, 0.2) is 0 Å². The van der Waals surface area contributed by atoms with Crippen molar-refractivity contribution in [3.8, 4) is 0 Å². The monoisotopic (exact) mass is 280 g/mol. The minimum absolute atomic E-state index is 0.0201. The molecule has 0 radical (unpaired) electrons. The molecule has 3 aliphatic rings. The van der Waals surface area contributed by atoms with Crippen molar-refractivity contribution in [2.75, 3.05) is 26.7 Å². The van der Waals surface area contributed by atoms with Gasteiger partial charge in [0, 0.05) is 25.0 Å². The molecule has 2 heterocycles. The van der Waals surface area contributed by atoms with E-state index in [1.807, 2.05) is 0 Å². The molecule has 2 bridgehead atoms. The number of carbonyl (C=O) groups is 1. The van der Waals surface area contributed by atoms with E-state index in [4.69, 9.17) is 4.74 Å². The lowest BCUT2D eigenvalue weighted by molar-refractivity contribution is -0.153. The number of hydrogen-bond donors (Lipinski definition) is 1. The largest absolute Gasteiger partial charge is 0.468 e. The second-order valence-electron chi connectivity index (χ2n) is 6.83. The van der Waals surface area contributed by atoms with Crippen LogP contribution in [0.4, 0.5) is 0 Å². The summed E-state index contributed by atoms with van der Waals surface area (Å²) in [5.41, 5.74) is -0.406. The maximum atomic E-state index is 12.5. The highest BCUT2D eigenvalue weighted by molar-refractivity contribution is 5.81. The molecule has 3 rings (SSSR count). The Balaban J connectivity index is 1.76. The van der Waals surface area contributed by atoms with Crippen molar-refractivity contribution < 1.29 is 9.53 Å². The highest BCUT2D eigenvalue weighted by Crippen LogP contribution is 2.37. The lowest BCUT2D eigenvalue weighted by Gasteiger charge is -2.43. The fourth-order valence-electron chi connectivity index (χ4n) is 4.46. The third-order valence-corrected chi connectivity index (χ3v) is 5.66. The summed E-state index contributed by atoms with van der Waals surface area (Å²) in [4.78, 5) is 15.0. The first kappa shape index (κ1) is 14.3. The van der Waals surface area contributed by atoms with E-state index in [1.165, 1.54) is 38.5 Å². The van der Waals surface area contributed by atoms with Gasteiger partial charge in [-0.25, -0.2) is 0 Å². The Morgan fingerprint density at radius 1 is 1.15 bits per heavy atom. The first-order valence-electron chi connectivity index (χ1n) is 8.33. The van der Waals surface area contributed by atoms with Gasteiger partial charge in [-0.15, -0.1) is 0 Å². The normalized spacial score (nSPS) is 38.5. The Kier molecular flexibility index (Phi) is 4.32. The third kappa shape index (κ3) is 2.60. The average Bonchev–Trinajstić information content (AvgIpc) is 2.70. The van der Waals surface area contributed by atoms with E-state index in [-0.39, 0.29) is 5.97 Å². The topological polar surface area (TPSA) is 41.6 Å². The predicted octanol–water partition coefficient (Wildman–Crippen LogP) is 1.94. The van der Waals surface area contributed by atoms with E-state index in [0.29, 0.717) is 12.0 Å². The van der Waals surface area contributed by atoms with Crippen LogP contribution in [0.2, 0.25) is 0 Å². The summed E-state index contributed by atoms with van der Waals surface area (Å²) in [6.07, 6.45) is 9.78. The van der Waals surface area contributed by atoms with Crippen molar-refractivity contribution >= 4 is 5.97 Å². The molecule has 4 heteroatoms. The molecule has 4 nitrogen and oxygen atoms in total. The summed E-state index contributed by atoms with van der Waals surface area (Å²) in [6.45, 7) is 3.25. The SMILES string of the molecule is COC(=O)C1(NC2CCCCCC2)CCN2CCC1C2. The van der Waals surface area contributed by atoms with Gasteiger partial charge in [0.25, 0.3) is 0 Å². The number of rotatable bonds is 3. The van der Waals surface area contributed by atoms with Gasteiger partial charge in [-0.1, -0.05) is 25.7 Å². The van der Waals surface area contributed by atoms with Crippen LogP contribution in [0.25, 0.3) is 0 Å². The zero-order chi connectivity index (χ0) is 14.0. The molecule has 3 fully saturated rings. The molecule has 3 unspecified atom stereocenters. The molecule has 3 atom stereocenters. The Morgan fingerprint density at radius 2 is 1.90 bits per heavy atom. The van der Waals surface area contributed by atoms with Crippen molar-refractivity contribution in [1.82, 2.24) is 10.2 Å². The lowest BCUT2D eigenvalue weighted by Crippen LogP contribution is -2.64. The second-order valence-corrected chi connectivity index (χ2v) is 6.83. The molecule has 114 valence electrons. The van der Waals surface area contributed by atoms with E-state index in [2.05, 4.69) is 10.2 Å². The molecule has 0 aromatic carbocycles. The maximum Gasteiger partial charge on any atom is 0.326 e. The van der Waals surface area contributed by atoms with E-state index >= 15 is 0 Å². The minimum Gasteiger partial charge on any atom is -0.468 e. The van der Waals surface area contributed by atoms with Gasteiger partial charge in [0.1, 0.15) is 5.54 Å². The number of nitrogens with zero attached hydrogens (tertiary/aromatic N) is 1. The van der Waals surface area contributed by atoms with Gasteiger partial charge in [0.05, 0.1) is 7.11 Å². The quantitative estimate of drug-likeness (QED) is 0.633. The second kappa shape index (κ2) is 6.02. The zero-order valence-corrected chi connectivity index (χ0v) is 12.7. The van der Waals surface area contributed by atoms with Crippen LogP contribution in [-0.2, 0) is 9.53 Å². The number of ether oxygens (including phenoxy) is 1. The van der Waals surface area contributed by atoms with Crippen molar-refractivity contribution in [3.05, 3.63) is 0 Å². The standard InChI is InChI=1S/C16H28N2O2/c1-20-15(19)16(9-11-18-10-8-13(16)12-18)17-14-6-4-2-3-5-7-14/h13-14,17H,2-12H2,1H3. The number of esters is 1. The van der Waals surface area contributed by atoms with Gasteiger partial charge in [0.2, 0.25) is 0 Å². The Hall–Kier alpha value is -0.610. The number of methoxy groups -OCH3 is 1.